The van der Waals surface area contributed by atoms with E-state index in [1.54, 1.807) is 28.8 Å². The first-order chi connectivity index (χ1) is 12.2. The van der Waals surface area contributed by atoms with Gasteiger partial charge in [0, 0.05) is 35.0 Å². The van der Waals surface area contributed by atoms with Gasteiger partial charge in [-0.15, -0.1) is 11.3 Å². The van der Waals surface area contributed by atoms with Gasteiger partial charge in [0.2, 0.25) is 0 Å². The normalized spacial score (nSPS) is 10.4. The van der Waals surface area contributed by atoms with E-state index in [4.69, 9.17) is 0 Å². The van der Waals surface area contributed by atoms with Gasteiger partial charge in [0.25, 0.3) is 11.8 Å². The minimum Gasteiger partial charge on any atom is -0.352 e. The van der Waals surface area contributed by atoms with Crippen LogP contribution in [0.2, 0.25) is 0 Å². The topological polar surface area (TPSA) is 71.1 Å². The molecule has 2 heterocycles. The van der Waals surface area contributed by atoms with Crippen LogP contribution in [0.25, 0.3) is 10.6 Å². The summed E-state index contributed by atoms with van der Waals surface area (Å²) in [4.78, 5) is 28.3. The molecule has 2 aromatic heterocycles. The Hall–Kier alpha value is -2.51. The zero-order valence-corrected chi connectivity index (χ0v) is 15.2. The summed E-state index contributed by atoms with van der Waals surface area (Å²) < 4.78 is 0. The summed E-state index contributed by atoms with van der Waals surface area (Å²) in [6.45, 7) is 2.86. The molecule has 3 aromatic rings. The molecule has 3 rings (SSSR count). The second-order valence-corrected chi connectivity index (χ2v) is 6.93. The summed E-state index contributed by atoms with van der Waals surface area (Å²) in [5.74, 6) is -0.299. The maximum atomic E-state index is 12.2. The molecule has 0 fully saturated rings. The number of thiazole rings is 1. The van der Waals surface area contributed by atoms with E-state index in [-0.39, 0.29) is 11.8 Å². The van der Waals surface area contributed by atoms with Crippen molar-refractivity contribution in [2.75, 3.05) is 6.54 Å². The Labute approximate surface area is 153 Å². The first kappa shape index (κ1) is 17.3. The number of hydrogen-bond donors (Lipinski definition) is 2. The first-order valence-corrected chi connectivity index (χ1v) is 9.63. The van der Waals surface area contributed by atoms with Gasteiger partial charge in [-0.1, -0.05) is 12.1 Å². The van der Waals surface area contributed by atoms with Crippen LogP contribution in [0, 0.1) is 0 Å². The lowest BCUT2D eigenvalue weighted by atomic mass is 10.1. The molecule has 25 heavy (non-hydrogen) atoms. The predicted octanol–water partition coefficient (Wildman–Crippen LogP) is 3.55. The first-order valence-electron chi connectivity index (χ1n) is 7.81. The van der Waals surface area contributed by atoms with Crippen LogP contribution in [0.4, 0.5) is 0 Å². The van der Waals surface area contributed by atoms with Crippen LogP contribution in [-0.2, 0) is 6.54 Å². The summed E-state index contributed by atoms with van der Waals surface area (Å²) in [7, 11) is 0. The van der Waals surface area contributed by atoms with Crippen LogP contribution in [0.15, 0.2) is 46.5 Å². The van der Waals surface area contributed by atoms with Gasteiger partial charge in [-0.2, -0.15) is 11.3 Å². The number of aromatic nitrogens is 1. The second kappa shape index (κ2) is 8.04. The molecule has 2 amide bonds. The summed E-state index contributed by atoms with van der Waals surface area (Å²) in [5.41, 5.74) is 2.99. The van der Waals surface area contributed by atoms with Gasteiger partial charge in [-0.3, -0.25) is 9.59 Å². The van der Waals surface area contributed by atoms with E-state index >= 15 is 0 Å². The molecule has 0 atom stereocenters. The van der Waals surface area contributed by atoms with E-state index in [2.05, 4.69) is 15.6 Å². The Morgan fingerprint density at radius 1 is 1.04 bits per heavy atom. The smallest absolute Gasteiger partial charge is 0.271 e. The van der Waals surface area contributed by atoms with Crippen molar-refractivity contribution in [3.05, 3.63) is 63.3 Å². The molecule has 2 N–H and O–H groups in total. The van der Waals surface area contributed by atoms with E-state index in [1.165, 1.54) is 11.3 Å². The zero-order chi connectivity index (χ0) is 17.6. The molecule has 1 aromatic carbocycles. The monoisotopic (exact) mass is 371 g/mol. The molecular formula is C18H17N3O2S2. The molecule has 0 aliphatic carbocycles. The lowest BCUT2D eigenvalue weighted by Crippen LogP contribution is -2.24. The van der Waals surface area contributed by atoms with E-state index in [9.17, 15) is 9.59 Å². The molecule has 0 bridgehead atoms. The quantitative estimate of drug-likeness (QED) is 0.696. The molecule has 0 spiro atoms. The Morgan fingerprint density at radius 2 is 1.84 bits per heavy atom. The number of rotatable bonds is 6. The summed E-state index contributed by atoms with van der Waals surface area (Å²) >= 11 is 3.06. The number of hydrogen-bond acceptors (Lipinski definition) is 5. The number of nitrogens with zero attached hydrogens (tertiary/aromatic N) is 1. The SMILES string of the molecule is CCNC(=O)c1ccc(CNC(=O)c2csc(-c3ccsc3)n2)cc1. The highest BCUT2D eigenvalue weighted by molar-refractivity contribution is 7.14. The standard InChI is InChI=1S/C18H17N3O2S2/c1-2-19-16(22)13-5-3-12(4-6-13)9-20-17(23)15-11-25-18(21-15)14-7-8-24-10-14/h3-8,10-11H,2,9H2,1H3,(H,19,22)(H,20,23). The molecule has 0 aliphatic heterocycles. The number of nitrogens with one attached hydrogen (secondary N) is 2. The average molecular weight is 371 g/mol. The van der Waals surface area contributed by atoms with Crippen molar-refractivity contribution < 1.29 is 9.59 Å². The Bertz CT molecular complexity index is 855. The highest BCUT2D eigenvalue weighted by Crippen LogP contribution is 2.25. The van der Waals surface area contributed by atoms with Crippen LogP contribution in [0.1, 0.15) is 33.3 Å². The van der Waals surface area contributed by atoms with Crippen molar-refractivity contribution >= 4 is 34.5 Å². The third-order valence-corrected chi connectivity index (χ3v) is 5.09. The van der Waals surface area contributed by atoms with E-state index < -0.39 is 0 Å². The third kappa shape index (κ3) is 4.32. The number of amides is 2. The number of carbonyl (C=O) groups is 2. The highest BCUT2D eigenvalue weighted by atomic mass is 32.1. The van der Waals surface area contributed by atoms with Gasteiger partial charge in [0.1, 0.15) is 10.7 Å². The van der Waals surface area contributed by atoms with Crippen molar-refractivity contribution in [1.29, 1.82) is 0 Å². The molecule has 7 heteroatoms. The van der Waals surface area contributed by atoms with E-state index in [1.807, 2.05) is 35.9 Å². The molecule has 5 nitrogen and oxygen atoms in total. The van der Waals surface area contributed by atoms with Gasteiger partial charge in [-0.05, 0) is 36.1 Å². The van der Waals surface area contributed by atoms with Crippen molar-refractivity contribution in [3.8, 4) is 10.6 Å². The van der Waals surface area contributed by atoms with Crippen molar-refractivity contribution in [3.63, 3.8) is 0 Å². The molecule has 0 radical (unpaired) electrons. The van der Waals surface area contributed by atoms with E-state index in [0.29, 0.717) is 24.3 Å². The second-order valence-electron chi connectivity index (χ2n) is 5.29. The molecule has 0 saturated carbocycles. The molecular weight excluding hydrogens is 354 g/mol. The highest BCUT2D eigenvalue weighted by Gasteiger charge is 2.12. The number of thiophene rings is 1. The van der Waals surface area contributed by atoms with Crippen molar-refractivity contribution in [1.82, 2.24) is 15.6 Å². The molecule has 0 saturated heterocycles. The zero-order valence-electron chi connectivity index (χ0n) is 13.6. The van der Waals surface area contributed by atoms with Gasteiger partial charge in [0.05, 0.1) is 0 Å². The fraction of sp³-hybridized carbons (Fsp3) is 0.167. The Morgan fingerprint density at radius 3 is 2.52 bits per heavy atom. The van der Waals surface area contributed by atoms with Crippen LogP contribution in [0.3, 0.4) is 0 Å². The third-order valence-electron chi connectivity index (χ3n) is 3.51. The fourth-order valence-corrected chi connectivity index (χ4v) is 3.72. The minimum absolute atomic E-state index is 0.0958. The van der Waals surface area contributed by atoms with Crippen LogP contribution in [0.5, 0.6) is 0 Å². The predicted molar refractivity (Wildman–Crippen MR) is 101 cm³/mol. The number of carbonyl (C=O) groups excluding carboxylic acids is 2. The summed E-state index contributed by atoms with van der Waals surface area (Å²) in [5, 5.41) is 12.2. The van der Waals surface area contributed by atoms with Crippen molar-refractivity contribution in [2.24, 2.45) is 0 Å². The minimum atomic E-state index is -0.203. The van der Waals surface area contributed by atoms with Gasteiger partial charge in [-0.25, -0.2) is 4.98 Å². The molecule has 0 aliphatic rings. The van der Waals surface area contributed by atoms with Crippen LogP contribution >= 0.6 is 22.7 Å². The Kier molecular flexibility index (Phi) is 5.57. The van der Waals surface area contributed by atoms with Gasteiger partial charge < -0.3 is 10.6 Å². The lowest BCUT2D eigenvalue weighted by Gasteiger charge is -2.05. The largest absolute Gasteiger partial charge is 0.352 e. The molecule has 128 valence electrons. The van der Waals surface area contributed by atoms with E-state index in [0.717, 1.165) is 16.1 Å². The molecule has 0 unspecified atom stereocenters. The fourth-order valence-electron chi connectivity index (χ4n) is 2.21. The van der Waals surface area contributed by atoms with Crippen molar-refractivity contribution in [2.45, 2.75) is 13.5 Å². The Balaban J connectivity index is 1.58. The van der Waals surface area contributed by atoms with Crippen LogP contribution in [-0.4, -0.2) is 23.3 Å². The van der Waals surface area contributed by atoms with Gasteiger partial charge >= 0.3 is 0 Å². The van der Waals surface area contributed by atoms with Crippen LogP contribution < -0.4 is 10.6 Å². The summed E-state index contributed by atoms with van der Waals surface area (Å²) in [6.07, 6.45) is 0. The maximum Gasteiger partial charge on any atom is 0.271 e. The lowest BCUT2D eigenvalue weighted by molar-refractivity contribution is 0.0941. The summed E-state index contributed by atoms with van der Waals surface area (Å²) in [6, 6.07) is 9.17. The average Bonchev–Trinajstić information content (AvgIpc) is 3.31. The maximum absolute atomic E-state index is 12.2. The van der Waals surface area contributed by atoms with Gasteiger partial charge in [0.15, 0.2) is 0 Å². The number of benzene rings is 1.